The Hall–Kier alpha value is -3.17. The maximum absolute atomic E-state index is 13.2. The maximum atomic E-state index is 13.2. The van der Waals surface area contributed by atoms with E-state index in [0.717, 1.165) is 16.5 Å². The highest BCUT2D eigenvalue weighted by molar-refractivity contribution is 6.39. The van der Waals surface area contributed by atoms with Gasteiger partial charge >= 0.3 is 0 Å². The van der Waals surface area contributed by atoms with Crippen LogP contribution >= 0.6 is 11.6 Å². The number of carbonyl (C=O) groups excluding carboxylic acids is 1. The van der Waals surface area contributed by atoms with E-state index in [2.05, 4.69) is 18.8 Å². The van der Waals surface area contributed by atoms with Gasteiger partial charge in [-0.05, 0) is 29.2 Å². The van der Waals surface area contributed by atoms with Crippen molar-refractivity contribution in [3.05, 3.63) is 106 Å². The molecule has 0 N–H and O–H groups in total. The molecule has 4 heteroatoms. The first-order valence-corrected chi connectivity index (χ1v) is 10.3. The number of halogens is 1. The third kappa shape index (κ3) is 4.07. The minimum atomic E-state index is -0.108. The van der Waals surface area contributed by atoms with E-state index in [0.29, 0.717) is 34.0 Å². The Kier molecular flexibility index (Phi) is 5.82. The normalized spacial score (nSPS) is 11.1. The molecule has 4 rings (SSSR count). The van der Waals surface area contributed by atoms with Gasteiger partial charge in [0.05, 0.1) is 16.1 Å². The number of benzene rings is 3. The summed E-state index contributed by atoms with van der Waals surface area (Å²) >= 11 is 6.64. The standard InChI is InChI=1S/C26H22ClNO2/c1-17(2)20-10-6-7-11-21(20)26(29)23-15-28-24-14-19(12-13-22(24)25(23)27)30-16-18-8-4-3-5-9-18/h3-15,17H,16H2,1-2H3. The van der Waals surface area contributed by atoms with E-state index in [9.17, 15) is 4.79 Å². The second-order valence-corrected chi connectivity index (χ2v) is 7.89. The molecule has 3 nitrogen and oxygen atoms in total. The Bertz CT molecular complexity index is 1200. The van der Waals surface area contributed by atoms with Gasteiger partial charge in [0.2, 0.25) is 0 Å². The molecule has 3 aromatic carbocycles. The molecule has 0 aliphatic carbocycles. The second kappa shape index (κ2) is 8.68. The summed E-state index contributed by atoms with van der Waals surface area (Å²) in [4.78, 5) is 17.7. The number of fused-ring (bicyclic) bond motifs is 1. The third-order valence-electron chi connectivity index (χ3n) is 5.10. The molecule has 0 fully saturated rings. The number of pyridine rings is 1. The van der Waals surface area contributed by atoms with Gasteiger partial charge in [-0.3, -0.25) is 9.78 Å². The van der Waals surface area contributed by atoms with Crippen LogP contribution in [0.1, 0.15) is 46.8 Å². The maximum Gasteiger partial charge on any atom is 0.196 e. The Balaban J connectivity index is 1.64. The van der Waals surface area contributed by atoms with Crippen LogP contribution in [-0.2, 0) is 6.61 Å². The molecule has 4 aromatic rings. The lowest BCUT2D eigenvalue weighted by atomic mass is 9.92. The van der Waals surface area contributed by atoms with Crippen molar-refractivity contribution in [2.45, 2.75) is 26.4 Å². The highest BCUT2D eigenvalue weighted by atomic mass is 35.5. The van der Waals surface area contributed by atoms with Crippen LogP contribution in [0.3, 0.4) is 0 Å². The summed E-state index contributed by atoms with van der Waals surface area (Å²) in [5.41, 5.74) is 3.87. The Labute approximate surface area is 181 Å². The molecule has 150 valence electrons. The molecule has 0 aliphatic rings. The number of nitrogens with zero attached hydrogens (tertiary/aromatic N) is 1. The van der Waals surface area contributed by atoms with Crippen molar-refractivity contribution >= 4 is 28.3 Å². The first kappa shape index (κ1) is 20.1. The Morgan fingerprint density at radius 3 is 2.47 bits per heavy atom. The smallest absolute Gasteiger partial charge is 0.196 e. The Morgan fingerprint density at radius 1 is 0.967 bits per heavy atom. The van der Waals surface area contributed by atoms with Crippen LogP contribution in [0.2, 0.25) is 5.02 Å². The van der Waals surface area contributed by atoms with Crippen molar-refractivity contribution < 1.29 is 9.53 Å². The van der Waals surface area contributed by atoms with Gasteiger partial charge in [0, 0.05) is 23.2 Å². The number of ketones is 1. The van der Waals surface area contributed by atoms with Gasteiger partial charge in [-0.25, -0.2) is 0 Å². The molecule has 0 atom stereocenters. The highest BCUT2D eigenvalue weighted by Gasteiger charge is 2.19. The van der Waals surface area contributed by atoms with Crippen LogP contribution in [0.25, 0.3) is 10.9 Å². The summed E-state index contributed by atoms with van der Waals surface area (Å²) in [6.45, 7) is 4.62. The molecule has 0 spiro atoms. The number of hydrogen-bond donors (Lipinski definition) is 0. The summed E-state index contributed by atoms with van der Waals surface area (Å²) in [5.74, 6) is 0.837. The summed E-state index contributed by atoms with van der Waals surface area (Å²) < 4.78 is 5.88. The average molecular weight is 416 g/mol. The van der Waals surface area contributed by atoms with Crippen LogP contribution in [0.5, 0.6) is 5.75 Å². The van der Waals surface area contributed by atoms with E-state index in [1.807, 2.05) is 72.8 Å². The second-order valence-electron chi connectivity index (χ2n) is 7.51. The zero-order valence-corrected chi connectivity index (χ0v) is 17.7. The molecule has 0 bridgehead atoms. The quantitative estimate of drug-likeness (QED) is 0.324. The van der Waals surface area contributed by atoms with Gasteiger partial charge < -0.3 is 4.74 Å². The predicted molar refractivity (Wildman–Crippen MR) is 121 cm³/mol. The largest absolute Gasteiger partial charge is 0.489 e. The molecule has 0 aliphatic heterocycles. The molecular formula is C26H22ClNO2. The monoisotopic (exact) mass is 415 g/mol. The lowest BCUT2D eigenvalue weighted by molar-refractivity contribution is 0.103. The van der Waals surface area contributed by atoms with E-state index < -0.39 is 0 Å². The van der Waals surface area contributed by atoms with E-state index >= 15 is 0 Å². The van der Waals surface area contributed by atoms with E-state index in [1.54, 1.807) is 6.20 Å². The first-order chi connectivity index (χ1) is 14.5. The number of hydrogen-bond acceptors (Lipinski definition) is 3. The minimum Gasteiger partial charge on any atom is -0.489 e. The van der Waals surface area contributed by atoms with Crippen LogP contribution in [-0.4, -0.2) is 10.8 Å². The third-order valence-corrected chi connectivity index (χ3v) is 5.50. The molecule has 0 saturated heterocycles. The van der Waals surface area contributed by atoms with Crippen molar-refractivity contribution in [1.82, 2.24) is 4.98 Å². The van der Waals surface area contributed by atoms with Gasteiger partial charge in [-0.2, -0.15) is 0 Å². The SMILES string of the molecule is CC(C)c1ccccc1C(=O)c1cnc2cc(OCc3ccccc3)ccc2c1Cl. The fourth-order valence-electron chi connectivity index (χ4n) is 3.48. The van der Waals surface area contributed by atoms with Crippen molar-refractivity contribution in [2.24, 2.45) is 0 Å². The summed E-state index contributed by atoms with van der Waals surface area (Å²) in [7, 11) is 0. The molecule has 1 heterocycles. The van der Waals surface area contributed by atoms with Gasteiger partial charge in [0.15, 0.2) is 5.78 Å². The topological polar surface area (TPSA) is 39.2 Å². The van der Waals surface area contributed by atoms with Gasteiger partial charge in [-0.1, -0.05) is 80.0 Å². The number of carbonyl (C=O) groups is 1. The Morgan fingerprint density at radius 2 is 1.70 bits per heavy atom. The van der Waals surface area contributed by atoms with Crippen LogP contribution < -0.4 is 4.74 Å². The van der Waals surface area contributed by atoms with Crippen LogP contribution in [0.4, 0.5) is 0 Å². The average Bonchev–Trinajstić information content (AvgIpc) is 2.78. The summed E-state index contributed by atoms with van der Waals surface area (Å²) in [5, 5.41) is 1.15. The zero-order chi connectivity index (χ0) is 21.1. The minimum absolute atomic E-state index is 0.108. The number of aromatic nitrogens is 1. The van der Waals surface area contributed by atoms with Crippen molar-refractivity contribution in [3.63, 3.8) is 0 Å². The van der Waals surface area contributed by atoms with Gasteiger partial charge in [-0.15, -0.1) is 0 Å². The van der Waals surface area contributed by atoms with Gasteiger partial charge in [0.1, 0.15) is 12.4 Å². The molecular weight excluding hydrogens is 394 g/mol. The van der Waals surface area contributed by atoms with Crippen LogP contribution in [0.15, 0.2) is 79.0 Å². The summed E-state index contributed by atoms with van der Waals surface area (Å²) in [6, 6.07) is 23.2. The van der Waals surface area contributed by atoms with E-state index in [4.69, 9.17) is 16.3 Å². The molecule has 0 unspecified atom stereocenters. The summed E-state index contributed by atoms with van der Waals surface area (Å²) in [6.07, 6.45) is 1.56. The lowest BCUT2D eigenvalue weighted by Crippen LogP contribution is -2.08. The lowest BCUT2D eigenvalue weighted by Gasteiger charge is -2.13. The zero-order valence-electron chi connectivity index (χ0n) is 16.9. The van der Waals surface area contributed by atoms with E-state index in [-0.39, 0.29) is 11.7 Å². The predicted octanol–water partition coefficient (Wildman–Crippen LogP) is 6.82. The number of ether oxygens (including phenoxy) is 1. The molecule has 1 aromatic heterocycles. The van der Waals surface area contributed by atoms with Crippen molar-refractivity contribution in [3.8, 4) is 5.75 Å². The highest BCUT2D eigenvalue weighted by Crippen LogP contribution is 2.31. The van der Waals surface area contributed by atoms with Crippen LogP contribution in [0, 0.1) is 0 Å². The fourth-order valence-corrected chi connectivity index (χ4v) is 3.78. The number of rotatable bonds is 6. The fraction of sp³-hybridized carbons (Fsp3) is 0.154. The molecule has 30 heavy (non-hydrogen) atoms. The molecule has 0 radical (unpaired) electrons. The first-order valence-electron chi connectivity index (χ1n) is 9.93. The van der Waals surface area contributed by atoms with Gasteiger partial charge in [0.25, 0.3) is 0 Å². The van der Waals surface area contributed by atoms with Crippen molar-refractivity contribution in [1.29, 1.82) is 0 Å². The molecule has 0 saturated carbocycles. The van der Waals surface area contributed by atoms with E-state index in [1.165, 1.54) is 0 Å². The van der Waals surface area contributed by atoms with Crippen molar-refractivity contribution in [2.75, 3.05) is 0 Å². The molecule has 0 amide bonds.